The van der Waals surface area contributed by atoms with E-state index in [4.69, 9.17) is 9.47 Å². The summed E-state index contributed by atoms with van der Waals surface area (Å²) < 4.78 is 25.4. The topological polar surface area (TPSA) is 99.8 Å². The lowest BCUT2D eigenvalue weighted by atomic mass is 9.96. The summed E-state index contributed by atoms with van der Waals surface area (Å²) in [7, 11) is 2.01. The lowest BCUT2D eigenvalue weighted by molar-refractivity contribution is -0.169. The molecule has 5 rings (SSSR count). The Labute approximate surface area is 207 Å². The molecule has 2 N–H and O–H groups in total. The number of halogens is 1. The van der Waals surface area contributed by atoms with Gasteiger partial charge >= 0.3 is 5.97 Å². The minimum Gasteiger partial charge on any atom is -0.465 e. The Kier molecular flexibility index (Phi) is 6.46. The fourth-order valence-corrected chi connectivity index (χ4v) is 4.73. The molecule has 2 aliphatic heterocycles. The number of rotatable bonds is 6. The third kappa shape index (κ3) is 4.33. The number of hydrogen-bond donors (Lipinski definition) is 2. The summed E-state index contributed by atoms with van der Waals surface area (Å²) in [5, 5.41) is 4.09. The number of allylic oxidation sites excluding steroid dienone is 1. The second-order valence-corrected chi connectivity index (χ2v) is 8.92. The van der Waals surface area contributed by atoms with Crippen molar-refractivity contribution in [2.24, 2.45) is 5.92 Å². The first-order chi connectivity index (χ1) is 17.4. The monoisotopic (exact) mass is 493 g/mol. The average Bonchev–Trinajstić information content (AvgIpc) is 3.40. The van der Waals surface area contributed by atoms with Gasteiger partial charge in [0.05, 0.1) is 6.61 Å². The number of ether oxygens (including phenoxy) is 2. The van der Waals surface area contributed by atoms with Crippen molar-refractivity contribution in [1.82, 2.24) is 19.8 Å². The van der Waals surface area contributed by atoms with E-state index in [9.17, 15) is 14.0 Å². The van der Waals surface area contributed by atoms with E-state index in [-0.39, 0.29) is 12.4 Å². The number of fused-ring (bicyclic) bond motifs is 1. The molecule has 188 valence electrons. The van der Waals surface area contributed by atoms with Gasteiger partial charge in [0.1, 0.15) is 11.5 Å². The Balaban J connectivity index is 1.62. The van der Waals surface area contributed by atoms with Crippen LogP contribution in [0.5, 0.6) is 0 Å². The van der Waals surface area contributed by atoms with Crippen molar-refractivity contribution >= 4 is 34.5 Å². The molecule has 2 unspecified atom stereocenters. The molecule has 0 bridgehead atoms. The zero-order chi connectivity index (χ0) is 25.3. The number of ketones is 1. The number of H-pyrrole nitrogens is 1. The van der Waals surface area contributed by atoms with Crippen LogP contribution in [0.2, 0.25) is 0 Å². The van der Waals surface area contributed by atoms with Gasteiger partial charge in [-0.25, -0.2) is 14.3 Å². The number of hydrogen-bond acceptors (Lipinski definition) is 8. The summed E-state index contributed by atoms with van der Waals surface area (Å²) in [5.41, 5.74) is 1.89. The van der Waals surface area contributed by atoms with Gasteiger partial charge in [-0.15, -0.1) is 0 Å². The van der Waals surface area contributed by atoms with Crippen LogP contribution in [0, 0.1) is 11.7 Å². The second-order valence-electron chi connectivity index (χ2n) is 8.92. The molecule has 0 amide bonds. The maximum Gasteiger partial charge on any atom is 0.324 e. The number of Topliss-reactive ketones (excluding diaryl/α,β-unsaturated/α-hetero) is 1. The molecule has 0 spiro atoms. The number of aromatic amines is 1. The first-order valence-electron chi connectivity index (χ1n) is 11.9. The lowest BCUT2D eigenvalue weighted by Crippen LogP contribution is -2.65. The number of nitrogens with zero attached hydrogens (tertiary/aromatic N) is 3. The predicted molar refractivity (Wildman–Crippen MR) is 132 cm³/mol. The summed E-state index contributed by atoms with van der Waals surface area (Å²) in [4.78, 5) is 38.6. The molecule has 10 heteroatoms. The third-order valence-corrected chi connectivity index (χ3v) is 6.59. The van der Waals surface area contributed by atoms with Crippen molar-refractivity contribution in [1.29, 1.82) is 0 Å². The highest BCUT2D eigenvalue weighted by Gasteiger charge is 2.62. The van der Waals surface area contributed by atoms with Gasteiger partial charge in [-0.2, -0.15) is 0 Å². The van der Waals surface area contributed by atoms with Crippen molar-refractivity contribution in [3.8, 4) is 0 Å². The molecule has 2 saturated heterocycles. The van der Waals surface area contributed by atoms with E-state index >= 15 is 0 Å². The number of carbonyl (C=O) groups excluding carboxylic acids is 2. The van der Waals surface area contributed by atoms with E-state index in [0.717, 1.165) is 5.39 Å². The molecule has 0 aliphatic carbocycles. The number of esters is 1. The van der Waals surface area contributed by atoms with Crippen LogP contribution >= 0.6 is 0 Å². The van der Waals surface area contributed by atoms with Crippen molar-refractivity contribution in [2.45, 2.75) is 12.8 Å². The van der Waals surface area contributed by atoms with Gasteiger partial charge in [-0.3, -0.25) is 9.59 Å². The van der Waals surface area contributed by atoms with Crippen LogP contribution in [0.1, 0.15) is 12.5 Å². The summed E-state index contributed by atoms with van der Waals surface area (Å²) in [6, 6.07) is 9.42. The van der Waals surface area contributed by atoms with Crippen LogP contribution in [-0.2, 0) is 19.1 Å². The van der Waals surface area contributed by atoms with Crippen LogP contribution in [0.3, 0.4) is 0 Å². The molecule has 4 heterocycles. The largest absolute Gasteiger partial charge is 0.465 e. The van der Waals surface area contributed by atoms with E-state index < -0.39 is 29.3 Å². The minimum absolute atomic E-state index is 0.0337. The molecule has 0 saturated carbocycles. The predicted octanol–water partition coefficient (Wildman–Crippen LogP) is 2.83. The van der Waals surface area contributed by atoms with Crippen LogP contribution in [0.15, 0.2) is 54.6 Å². The Hall–Kier alpha value is -3.76. The van der Waals surface area contributed by atoms with Gasteiger partial charge in [-0.1, -0.05) is 0 Å². The Morgan fingerprint density at radius 1 is 1.28 bits per heavy atom. The molecule has 9 nitrogen and oxygen atoms in total. The number of piperazine rings is 1. The Bertz CT molecular complexity index is 1300. The zero-order valence-electron chi connectivity index (χ0n) is 20.2. The summed E-state index contributed by atoms with van der Waals surface area (Å²) in [5.74, 6) is -4.36. The highest BCUT2D eigenvalue weighted by atomic mass is 19.1. The highest BCUT2D eigenvalue weighted by molar-refractivity contribution is 6.13. The Morgan fingerprint density at radius 2 is 2.03 bits per heavy atom. The summed E-state index contributed by atoms with van der Waals surface area (Å²) >= 11 is 0. The van der Waals surface area contributed by atoms with Gasteiger partial charge in [0.25, 0.3) is 5.85 Å². The summed E-state index contributed by atoms with van der Waals surface area (Å²) in [6.45, 7) is 4.32. The first-order valence-corrected chi connectivity index (χ1v) is 11.9. The highest BCUT2D eigenvalue weighted by Crippen LogP contribution is 2.42. The maximum absolute atomic E-state index is 13.8. The molecule has 1 aromatic carbocycles. The first kappa shape index (κ1) is 24.0. The number of benzene rings is 1. The van der Waals surface area contributed by atoms with Gasteiger partial charge < -0.3 is 24.7 Å². The maximum atomic E-state index is 13.8. The molecule has 2 atom stereocenters. The van der Waals surface area contributed by atoms with Crippen molar-refractivity contribution < 1.29 is 23.5 Å². The number of carbonyl (C=O) groups is 2. The number of likely N-dealkylation sites (N-methyl/N-ethyl adjacent to an activating group) is 1. The molecule has 3 aromatic rings. The van der Waals surface area contributed by atoms with E-state index in [1.54, 1.807) is 37.5 Å². The van der Waals surface area contributed by atoms with E-state index in [2.05, 4.69) is 20.2 Å². The van der Waals surface area contributed by atoms with Gasteiger partial charge in [0.15, 0.2) is 11.7 Å². The van der Waals surface area contributed by atoms with Crippen molar-refractivity contribution in [3.05, 3.63) is 65.9 Å². The normalized spacial score (nSPS) is 24.2. The van der Waals surface area contributed by atoms with Crippen LogP contribution in [0.25, 0.3) is 17.1 Å². The van der Waals surface area contributed by atoms with Crippen LogP contribution < -0.4 is 5.32 Å². The smallest absolute Gasteiger partial charge is 0.324 e. The van der Waals surface area contributed by atoms with Crippen LogP contribution in [-0.4, -0.2) is 77.2 Å². The number of pyridine rings is 1. The van der Waals surface area contributed by atoms with Gasteiger partial charge in [0.2, 0.25) is 5.78 Å². The minimum atomic E-state index is -1.54. The second kappa shape index (κ2) is 9.71. The molecule has 2 fully saturated rings. The molecule has 2 aliphatic rings. The number of anilines is 1. The van der Waals surface area contributed by atoms with Crippen molar-refractivity contribution in [3.63, 3.8) is 0 Å². The average molecular weight is 494 g/mol. The fourth-order valence-electron chi connectivity index (χ4n) is 4.73. The van der Waals surface area contributed by atoms with E-state index in [1.807, 2.05) is 24.1 Å². The zero-order valence-corrected chi connectivity index (χ0v) is 20.2. The Morgan fingerprint density at radius 3 is 2.75 bits per heavy atom. The van der Waals surface area contributed by atoms with E-state index in [1.165, 1.54) is 12.1 Å². The fraction of sp³-hybridized carbons (Fsp3) is 0.346. The van der Waals surface area contributed by atoms with Crippen LogP contribution in [0.4, 0.5) is 10.1 Å². The SMILES string of the molecule is CCOC(=O)C1C(=O)C(=Cc2c[nH]c3ncccc23)OC1(Nc1ccc(F)cc1)N1CCN(C)CC1. The molecule has 36 heavy (non-hydrogen) atoms. The molecule has 0 radical (unpaired) electrons. The van der Waals surface area contributed by atoms with Gasteiger partial charge in [-0.05, 0) is 56.4 Å². The third-order valence-electron chi connectivity index (χ3n) is 6.59. The number of aromatic nitrogens is 2. The van der Waals surface area contributed by atoms with E-state index in [0.29, 0.717) is 43.1 Å². The molecular weight excluding hydrogens is 465 g/mol. The molecule has 2 aromatic heterocycles. The van der Waals surface area contributed by atoms with Crippen molar-refractivity contribution in [2.75, 3.05) is 45.2 Å². The quantitative estimate of drug-likeness (QED) is 0.307. The standard InChI is InChI=1S/C26H28FN5O4/c1-3-35-25(34)22-23(33)21(15-17-16-29-24-20(17)5-4-10-28-24)36-26(22,32-13-11-31(2)12-14-32)30-19-8-6-18(27)7-9-19/h4-10,15-16,22,30H,3,11-14H2,1-2H3,(H,28,29). The lowest BCUT2D eigenvalue weighted by Gasteiger charge is -2.45. The number of nitrogens with one attached hydrogen (secondary N) is 2. The summed E-state index contributed by atoms with van der Waals surface area (Å²) in [6.07, 6.45) is 5.04. The molecular formula is C26H28FN5O4. The van der Waals surface area contributed by atoms with Gasteiger partial charge in [0, 0.05) is 55.2 Å².